The molecule has 1 rings (SSSR count). The van der Waals surface area contributed by atoms with Gasteiger partial charge in [-0.25, -0.2) is 13.1 Å². The lowest BCUT2D eigenvalue weighted by Gasteiger charge is -2.15. The van der Waals surface area contributed by atoms with E-state index in [0.29, 0.717) is 10.9 Å². The van der Waals surface area contributed by atoms with Crippen molar-refractivity contribution in [1.82, 2.24) is 4.72 Å². The van der Waals surface area contributed by atoms with Crippen molar-refractivity contribution in [3.63, 3.8) is 0 Å². The smallest absolute Gasteiger partial charge is 0.307 e. The molecule has 21 heavy (non-hydrogen) atoms. The maximum absolute atomic E-state index is 12.3. The minimum atomic E-state index is -3.94. The molecular weight excluding hydrogens is 386 g/mol. The van der Waals surface area contributed by atoms with Crippen LogP contribution < -0.4 is 9.46 Å². The lowest BCUT2D eigenvalue weighted by Crippen LogP contribution is -2.32. The average Bonchev–Trinajstić information content (AvgIpc) is 2.38. The molecule has 0 aliphatic carbocycles. The normalized spacial score (nSPS) is 13.0. The lowest BCUT2D eigenvalue weighted by molar-refractivity contribution is -0.141. The lowest BCUT2D eigenvalue weighted by atomic mass is 10.1. The highest BCUT2D eigenvalue weighted by atomic mass is 79.9. The first-order valence-electron chi connectivity index (χ1n) is 5.98. The van der Waals surface area contributed by atoms with E-state index in [1.165, 1.54) is 19.2 Å². The maximum Gasteiger partial charge on any atom is 0.307 e. The Bertz CT molecular complexity index is 635. The third-order valence-corrected chi connectivity index (χ3v) is 5.07. The quantitative estimate of drug-likeness (QED) is 0.733. The summed E-state index contributed by atoms with van der Waals surface area (Å²) < 4.78 is 32.3. The molecule has 0 bridgehead atoms. The number of rotatable bonds is 7. The Balaban J connectivity index is 3.11. The van der Waals surface area contributed by atoms with Crippen molar-refractivity contribution in [1.29, 1.82) is 0 Å². The zero-order valence-corrected chi connectivity index (χ0v) is 14.5. The number of ether oxygens (including phenoxy) is 1. The number of carbonyl (C=O) groups is 1. The van der Waals surface area contributed by atoms with E-state index in [4.69, 9.17) is 21.4 Å². The van der Waals surface area contributed by atoms with Crippen LogP contribution in [-0.2, 0) is 14.8 Å². The molecule has 2 N–H and O–H groups in total. The molecule has 0 spiro atoms. The molecule has 0 fully saturated rings. The molecule has 0 aliphatic rings. The number of aliphatic carboxylic acids is 1. The summed E-state index contributed by atoms with van der Waals surface area (Å²) in [6.45, 7) is 1.46. The van der Waals surface area contributed by atoms with Crippen LogP contribution >= 0.6 is 27.5 Å². The van der Waals surface area contributed by atoms with Crippen LogP contribution in [-0.4, -0.2) is 33.1 Å². The fourth-order valence-electron chi connectivity index (χ4n) is 1.63. The Morgan fingerprint density at radius 3 is 2.62 bits per heavy atom. The van der Waals surface area contributed by atoms with Gasteiger partial charge in [-0.05, 0) is 34.5 Å². The maximum atomic E-state index is 12.3. The summed E-state index contributed by atoms with van der Waals surface area (Å²) in [6, 6.07) is 2.75. The second-order valence-electron chi connectivity index (χ2n) is 4.21. The van der Waals surface area contributed by atoms with Crippen LogP contribution in [0, 0.1) is 5.92 Å². The first-order chi connectivity index (χ1) is 9.72. The van der Waals surface area contributed by atoms with Gasteiger partial charge in [0.2, 0.25) is 10.0 Å². The molecule has 1 aromatic rings. The van der Waals surface area contributed by atoms with Gasteiger partial charge in [0.05, 0.1) is 17.5 Å². The Kier molecular flexibility index (Phi) is 6.45. The third kappa shape index (κ3) is 4.57. The highest BCUT2D eigenvalue weighted by molar-refractivity contribution is 9.10. The molecule has 9 heteroatoms. The Hall–Kier alpha value is -0.830. The van der Waals surface area contributed by atoms with Crippen molar-refractivity contribution < 1.29 is 23.1 Å². The third-order valence-electron chi connectivity index (χ3n) is 2.83. The topological polar surface area (TPSA) is 92.7 Å². The van der Waals surface area contributed by atoms with Crippen LogP contribution in [0.25, 0.3) is 0 Å². The fraction of sp³-hybridized carbons (Fsp3) is 0.417. The SMILES string of the molecule is CCC(CNS(=O)(=O)c1cc(Cl)cc(Br)c1OC)C(=O)O. The number of benzene rings is 1. The molecule has 0 heterocycles. The highest BCUT2D eigenvalue weighted by Gasteiger charge is 2.25. The second kappa shape index (κ2) is 7.44. The molecule has 118 valence electrons. The highest BCUT2D eigenvalue weighted by Crippen LogP contribution is 2.35. The van der Waals surface area contributed by atoms with E-state index in [-0.39, 0.29) is 22.2 Å². The summed E-state index contributed by atoms with van der Waals surface area (Å²) in [5.41, 5.74) is 0. The molecule has 0 radical (unpaired) electrons. The van der Waals surface area contributed by atoms with Gasteiger partial charge in [0, 0.05) is 11.6 Å². The van der Waals surface area contributed by atoms with Gasteiger partial charge < -0.3 is 9.84 Å². The van der Waals surface area contributed by atoms with Gasteiger partial charge in [-0.1, -0.05) is 18.5 Å². The van der Waals surface area contributed by atoms with Crippen molar-refractivity contribution in [2.75, 3.05) is 13.7 Å². The van der Waals surface area contributed by atoms with Gasteiger partial charge in [-0.15, -0.1) is 0 Å². The van der Waals surface area contributed by atoms with Crippen LogP contribution in [0.2, 0.25) is 5.02 Å². The van der Waals surface area contributed by atoms with Crippen molar-refractivity contribution >= 4 is 43.5 Å². The van der Waals surface area contributed by atoms with Gasteiger partial charge in [0.25, 0.3) is 0 Å². The summed E-state index contributed by atoms with van der Waals surface area (Å²) in [7, 11) is -2.61. The van der Waals surface area contributed by atoms with Crippen LogP contribution in [0.5, 0.6) is 5.75 Å². The van der Waals surface area contributed by atoms with E-state index in [0.717, 1.165) is 0 Å². The number of halogens is 2. The fourth-order valence-corrected chi connectivity index (χ4v) is 4.09. The molecule has 0 saturated heterocycles. The monoisotopic (exact) mass is 399 g/mol. The van der Waals surface area contributed by atoms with Crippen molar-refractivity contribution in [2.45, 2.75) is 18.2 Å². The Morgan fingerprint density at radius 1 is 1.52 bits per heavy atom. The molecule has 0 aliphatic heterocycles. The summed E-state index contributed by atoms with van der Waals surface area (Å²) in [5.74, 6) is -1.75. The number of carboxylic acid groups (broad SMARTS) is 1. The number of hydrogen-bond donors (Lipinski definition) is 2. The molecule has 0 saturated carbocycles. The summed E-state index contributed by atoms with van der Waals surface area (Å²) in [5, 5.41) is 9.16. The molecule has 6 nitrogen and oxygen atoms in total. The number of nitrogens with one attached hydrogen (secondary N) is 1. The van der Waals surface area contributed by atoms with Gasteiger partial charge in [-0.3, -0.25) is 4.79 Å². The molecule has 1 atom stereocenters. The number of carboxylic acids is 1. The van der Waals surface area contributed by atoms with Gasteiger partial charge in [-0.2, -0.15) is 0 Å². The van der Waals surface area contributed by atoms with Crippen LogP contribution in [0.1, 0.15) is 13.3 Å². The van der Waals surface area contributed by atoms with Crippen molar-refractivity contribution in [3.8, 4) is 5.75 Å². The molecule has 0 aromatic heterocycles. The standard InChI is InChI=1S/C12H15BrClNO5S/c1-3-7(12(16)17)6-15-21(18,19)10-5-8(14)4-9(13)11(10)20-2/h4-5,7,15H,3,6H2,1-2H3,(H,16,17). The van der Waals surface area contributed by atoms with Crippen molar-refractivity contribution in [3.05, 3.63) is 21.6 Å². The van der Waals surface area contributed by atoms with E-state index in [9.17, 15) is 13.2 Å². The molecule has 1 aromatic carbocycles. The Labute approximate surface area is 136 Å². The largest absolute Gasteiger partial charge is 0.494 e. The first-order valence-corrected chi connectivity index (χ1v) is 8.63. The van der Waals surface area contributed by atoms with E-state index in [1.807, 2.05) is 0 Å². The summed E-state index contributed by atoms with van der Waals surface area (Å²) >= 11 is 9.03. The number of methoxy groups -OCH3 is 1. The van der Waals surface area contributed by atoms with Crippen LogP contribution in [0.3, 0.4) is 0 Å². The van der Waals surface area contributed by atoms with Gasteiger partial charge >= 0.3 is 5.97 Å². The van der Waals surface area contributed by atoms with Crippen LogP contribution in [0.4, 0.5) is 0 Å². The van der Waals surface area contributed by atoms with Gasteiger partial charge in [0.1, 0.15) is 4.90 Å². The summed E-state index contributed by atoms with van der Waals surface area (Å²) in [6.07, 6.45) is 0.314. The van der Waals surface area contributed by atoms with E-state index in [1.54, 1.807) is 6.92 Å². The van der Waals surface area contributed by atoms with E-state index < -0.39 is 21.9 Å². The minimum absolute atomic E-state index is 0.107. The number of sulfonamides is 1. The van der Waals surface area contributed by atoms with E-state index >= 15 is 0 Å². The predicted octanol–water partition coefficient (Wildman–Crippen LogP) is 2.50. The minimum Gasteiger partial charge on any atom is -0.494 e. The van der Waals surface area contributed by atoms with E-state index in [2.05, 4.69) is 20.7 Å². The first kappa shape index (κ1) is 18.2. The molecule has 1 unspecified atom stereocenters. The predicted molar refractivity (Wildman–Crippen MR) is 82.3 cm³/mol. The molecular formula is C12H15BrClNO5S. The summed E-state index contributed by atoms with van der Waals surface area (Å²) in [4.78, 5) is 10.8. The molecule has 0 amide bonds. The number of hydrogen-bond acceptors (Lipinski definition) is 4. The second-order valence-corrected chi connectivity index (χ2v) is 7.24. The zero-order valence-electron chi connectivity index (χ0n) is 11.4. The average molecular weight is 401 g/mol. The van der Waals surface area contributed by atoms with Gasteiger partial charge in [0.15, 0.2) is 5.75 Å². The van der Waals surface area contributed by atoms with Crippen molar-refractivity contribution in [2.24, 2.45) is 5.92 Å². The van der Waals surface area contributed by atoms with Crippen LogP contribution in [0.15, 0.2) is 21.5 Å². The Morgan fingerprint density at radius 2 is 2.14 bits per heavy atom. The zero-order chi connectivity index (χ0) is 16.2.